The highest BCUT2D eigenvalue weighted by Crippen LogP contribution is 2.17. The zero-order valence-corrected chi connectivity index (χ0v) is 10.2. The van der Waals surface area contributed by atoms with Crippen LogP contribution in [0.4, 0.5) is 0 Å². The minimum absolute atomic E-state index is 0.0329. The van der Waals surface area contributed by atoms with Crippen molar-refractivity contribution in [1.82, 2.24) is 15.5 Å². The van der Waals surface area contributed by atoms with Crippen LogP contribution in [-0.4, -0.2) is 42.6 Å². The number of hydrogen-bond donors (Lipinski definition) is 2. The lowest BCUT2D eigenvalue weighted by Crippen LogP contribution is -2.44. The minimum Gasteiger partial charge on any atom is -0.360 e. The van der Waals surface area contributed by atoms with Gasteiger partial charge in [-0.05, 0) is 25.1 Å². The normalized spacial score (nSPS) is 16.1. The lowest BCUT2D eigenvalue weighted by molar-refractivity contribution is -0.127. The van der Waals surface area contributed by atoms with Gasteiger partial charge in [-0.15, -0.1) is 0 Å². The summed E-state index contributed by atoms with van der Waals surface area (Å²) in [5, 5.41) is 6.74. The molecule has 0 aromatic carbocycles. The fraction of sp³-hybridized carbons (Fsp3) is 0.800. The van der Waals surface area contributed by atoms with Crippen LogP contribution in [0, 0.1) is 0 Å². The molecule has 1 fully saturated rings. The molecular weight excluding hydrogens is 210 g/mol. The average molecular weight is 229 g/mol. The Hall–Kier alpha value is -0.840. The Bertz CT molecular complexity index is 237. The van der Waals surface area contributed by atoms with E-state index in [1.165, 1.54) is 25.7 Å². The molecule has 1 rings (SSSR count). The van der Waals surface area contributed by atoms with Crippen molar-refractivity contribution in [3.05, 3.63) is 0 Å². The third kappa shape index (κ3) is 4.46. The Morgan fingerprint density at radius 1 is 1.40 bits per heavy atom. The maximum atomic E-state index is 11.3. The Balaban J connectivity index is 2.15. The predicted octanol–water partition coefficient (Wildman–Crippen LogP) is 0.481. The molecule has 4 nitrogen and oxygen atoms in total. The second kappa shape index (κ2) is 5.90. The van der Waals surface area contributed by atoms with Crippen molar-refractivity contribution in [3.8, 4) is 0 Å². The minimum atomic E-state index is 0.0329. The molecule has 0 radical (unpaired) electrons. The molecule has 0 unspecified atom stereocenters. The van der Waals surface area contributed by atoms with Crippen molar-refractivity contribution >= 4 is 23.2 Å². The number of nitrogens with zero attached hydrogens (tertiary/aromatic N) is 1. The molecule has 1 amide bonds. The predicted molar refractivity (Wildman–Crippen MR) is 64.7 cm³/mol. The zero-order chi connectivity index (χ0) is 11.3. The smallest absolute Gasteiger partial charge is 0.241 e. The number of thiocarbonyl (C=S) groups is 1. The summed E-state index contributed by atoms with van der Waals surface area (Å²) in [6.07, 6.45) is 4.92. The van der Waals surface area contributed by atoms with Crippen LogP contribution in [0.2, 0.25) is 0 Å². The molecule has 0 bridgehead atoms. The molecule has 0 aliphatic heterocycles. The number of hydrogen-bond acceptors (Lipinski definition) is 2. The van der Waals surface area contributed by atoms with Crippen molar-refractivity contribution in [2.45, 2.75) is 31.7 Å². The maximum Gasteiger partial charge on any atom is 0.241 e. The number of nitrogens with one attached hydrogen (secondary N) is 2. The highest BCUT2D eigenvalue weighted by Gasteiger charge is 2.15. The van der Waals surface area contributed by atoms with Gasteiger partial charge in [0.2, 0.25) is 5.91 Å². The molecule has 0 saturated heterocycles. The van der Waals surface area contributed by atoms with Crippen LogP contribution in [0.15, 0.2) is 0 Å². The van der Waals surface area contributed by atoms with E-state index in [0.717, 1.165) is 0 Å². The molecule has 0 heterocycles. The highest BCUT2D eigenvalue weighted by molar-refractivity contribution is 7.80. The number of rotatable bonds is 3. The van der Waals surface area contributed by atoms with Crippen LogP contribution < -0.4 is 10.6 Å². The second-order valence-corrected chi connectivity index (χ2v) is 4.50. The molecule has 1 aliphatic rings. The summed E-state index contributed by atoms with van der Waals surface area (Å²) in [6, 6.07) is 0.499. The van der Waals surface area contributed by atoms with Crippen molar-refractivity contribution in [3.63, 3.8) is 0 Å². The van der Waals surface area contributed by atoms with Gasteiger partial charge < -0.3 is 15.5 Å². The standard InChI is InChI=1S/C10H19N3OS/c1-13(2)9(14)7-11-10(15)12-8-5-3-4-6-8/h8H,3-7H2,1-2H3,(H2,11,12,15). The largest absolute Gasteiger partial charge is 0.360 e. The van der Waals surface area contributed by atoms with E-state index in [1.54, 1.807) is 19.0 Å². The molecule has 0 spiro atoms. The Kier molecular flexibility index (Phi) is 4.81. The third-order valence-electron chi connectivity index (χ3n) is 2.59. The summed E-state index contributed by atoms with van der Waals surface area (Å²) in [4.78, 5) is 12.8. The SMILES string of the molecule is CN(C)C(=O)CNC(=S)NC1CCCC1. The first kappa shape index (κ1) is 12.2. The molecule has 0 aromatic heterocycles. The molecule has 1 aliphatic carbocycles. The van der Waals surface area contributed by atoms with Crippen LogP contribution >= 0.6 is 12.2 Å². The molecule has 1 saturated carbocycles. The Morgan fingerprint density at radius 3 is 2.53 bits per heavy atom. The molecule has 86 valence electrons. The summed E-state index contributed by atoms with van der Waals surface area (Å²) in [7, 11) is 3.47. The van der Waals surface area contributed by atoms with Crippen LogP contribution in [0.1, 0.15) is 25.7 Å². The lowest BCUT2D eigenvalue weighted by Gasteiger charge is -2.16. The number of amides is 1. The van der Waals surface area contributed by atoms with Crippen LogP contribution in [0.5, 0.6) is 0 Å². The maximum absolute atomic E-state index is 11.3. The van der Waals surface area contributed by atoms with Crippen molar-refractivity contribution in [2.24, 2.45) is 0 Å². The fourth-order valence-corrected chi connectivity index (χ4v) is 1.86. The van der Waals surface area contributed by atoms with Gasteiger partial charge in [0, 0.05) is 20.1 Å². The lowest BCUT2D eigenvalue weighted by atomic mass is 10.3. The van der Waals surface area contributed by atoms with E-state index in [1.807, 2.05) is 0 Å². The van der Waals surface area contributed by atoms with Gasteiger partial charge in [-0.3, -0.25) is 4.79 Å². The number of carbonyl (C=O) groups excluding carboxylic acids is 1. The first-order valence-electron chi connectivity index (χ1n) is 5.34. The van der Waals surface area contributed by atoms with Gasteiger partial charge in [-0.2, -0.15) is 0 Å². The van der Waals surface area contributed by atoms with Gasteiger partial charge in [0.05, 0.1) is 6.54 Å². The molecule has 2 N–H and O–H groups in total. The van der Waals surface area contributed by atoms with Crippen molar-refractivity contribution < 1.29 is 4.79 Å². The summed E-state index contributed by atoms with van der Waals surface area (Å²) in [6.45, 7) is 0.269. The highest BCUT2D eigenvalue weighted by atomic mass is 32.1. The van der Waals surface area contributed by atoms with Crippen LogP contribution in [-0.2, 0) is 4.79 Å². The van der Waals surface area contributed by atoms with Gasteiger partial charge in [0.1, 0.15) is 0 Å². The summed E-state index contributed by atoms with van der Waals surface area (Å²) >= 11 is 5.10. The van der Waals surface area contributed by atoms with Crippen molar-refractivity contribution in [2.75, 3.05) is 20.6 Å². The fourth-order valence-electron chi connectivity index (χ4n) is 1.62. The van der Waals surface area contributed by atoms with E-state index in [0.29, 0.717) is 11.2 Å². The molecular formula is C10H19N3OS. The molecule has 5 heteroatoms. The number of likely N-dealkylation sites (N-methyl/N-ethyl adjacent to an activating group) is 1. The first-order chi connectivity index (χ1) is 7.09. The van der Waals surface area contributed by atoms with Gasteiger partial charge in [0.25, 0.3) is 0 Å². The topological polar surface area (TPSA) is 44.4 Å². The average Bonchev–Trinajstić information content (AvgIpc) is 2.66. The molecule has 15 heavy (non-hydrogen) atoms. The van der Waals surface area contributed by atoms with Crippen LogP contribution in [0.3, 0.4) is 0 Å². The summed E-state index contributed by atoms with van der Waals surface area (Å²) in [5.41, 5.74) is 0. The van der Waals surface area contributed by atoms with E-state index in [-0.39, 0.29) is 12.5 Å². The van der Waals surface area contributed by atoms with E-state index in [9.17, 15) is 4.79 Å². The van der Waals surface area contributed by atoms with Crippen LogP contribution in [0.25, 0.3) is 0 Å². The van der Waals surface area contributed by atoms with Gasteiger partial charge in [0.15, 0.2) is 5.11 Å². The van der Waals surface area contributed by atoms with E-state index >= 15 is 0 Å². The number of carbonyl (C=O) groups is 1. The molecule has 0 atom stereocenters. The van der Waals surface area contributed by atoms with E-state index in [2.05, 4.69) is 10.6 Å². The second-order valence-electron chi connectivity index (χ2n) is 4.10. The summed E-state index contributed by atoms with van der Waals surface area (Å²) < 4.78 is 0. The van der Waals surface area contributed by atoms with E-state index in [4.69, 9.17) is 12.2 Å². The van der Waals surface area contributed by atoms with Gasteiger partial charge >= 0.3 is 0 Å². The molecule has 0 aromatic rings. The summed E-state index contributed by atoms with van der Waals surface area (Å²) in [5.74, 6) is 0.0329. The zero-order valence-electron chi connectivity index (χ0n) is 9.38. The van der Waals surface area contributed by atoms with Crippen molar-refractivity contribution in [1.29, 1.82) is 0 Å². The van der Waals surface area contributed by atoms with Gasteiger partial charge in [-0.25, -0.2) is 0 Å². The third-order valence-corrected chi connectivity index (χ3v) is 2.85. The quantitative estimate of drug-likeness (QED) is 0.691. The van der Waals surface area contributed by atoms with Gasteiger partial charge in [-0.1, -0.05) is 12.8 Å². The van der Waals surface area contributed by atoms with E-state index < -0.39 is 0 Å². The Labute approximate surface area is 96.4 Å². The monoisotopic (exact) mass is 229 g/mol. The Morgan fingerprint density at radius 2 is 2.00 bits per heavy atom. The first-order valence-corrected chi connectivity index (χ1v) is 5.75.